The molecule has 0 heterocycles. The number of aryl methyl sites for hydroxylation is 1. The summed E-state index contributed by atoms with van der Waals surface area (Å²) in [6, 6.07) is 7.63. The zero-order valence-electron chi connectivity index (χ0n) is 10.8. The first-order valence-electron chi connectivity index (χ1n) is 5.86. The van der Waals surface area contributed by atoms with Gasteiger partial charge in [0.1, 0.15) is 5.75 Å². The molecule has 0 aliphatic heterocycles. The highest BCUT2D eigenvalue weighted by Gasteiger charge is 2.11. The van der Waals surface area contributed by atoms with Gasteiger partial charge in [0.2, 0.25) is 0 Å². The van der Waals surface area contributed by atoms with Crippen molar-refractivity contribution >= 4 is 5.91 Å². The minimum Gasteiger partial charge on any atom is -0.484 e. The Labute approximate surface area is 108 Å². The standard InChI is InChI=1S/C15H19NO2/c1-4-9-16(10-5-2)15(17)12-18-14-8-6-7-13(3)11-14/h4-8,11H,1-2,9-10,12H2,3H3. The molecule has 0 unspecified atom stereocenters. The Kier molecular flexibility index (Phi) is 5.71. The van der Waals surface area contributed by atoms with Gasteiger partial charge in [0.05, 0.1) is 0 Å². The van der Waals surface area contributed by atoms with E-state index in [1.165, 1.54) is 0 Å². The Hall–Kier alpha value is -2.03. The number of rotatable bonds is 7. The van der Waals surface area contributed by atoms with Gasteiger partial charge in [-0.15, -0.1) is 13.2 Å². The van der Waals surface area contributed by atoms with E-state index in [-0.39, 0.29) is 12.5 Å². The maximum Gasteiger partial charge on any atom is 0.261 e. The smallest absolute Gasteiger partial charge is 0.261 e. The molecule has 0 aliphatic rings. The van der Waals surface area contributed by atoms with Crippen LogP contribution in [-0.4, -0.2) is 30.5 Å². The van der Waals surface area contributed by atoms with Crippen molar-refractivity contribution in [3.8, 4) is 5.75 Å². The second kappa shape index (κ2) is 7.33. The van der Waals surface area contributed by atoms with E-state index in [0.29, 0.717) is 18.8 Å². The van der Waals surface area contributed by atoms with Gasteiger partial charge in [0, 0.05) is 13.1 Å². The number of benzene rings is 1. The van der Waals surface area contributed by atoms with Gasteiger partial charge in [-0.25, -0.2) is 0 Å². The third-order valence-corrected chi connectivity index (χ3v) is 2.40. The number of carbonyl (C=O) groups is 1. The van der Waals surface area contributed by atoms with Crippen molar-refractivity contribution < 1.29 is 9.53 Å². The van der Waals surface area contributed by atoms with E-state index in [1.807, 2.05) is 31.2 Å². The van der Waals surface area contributed by atoms with E-state index in [0.717, 1.165) is 5.56 Å². The van der Waals surface area contributed by atoms with E-state index in [4.69, 9.17) is 4.74 Å². The molecule has 0 saturated heterocycles. The summed E-state index contributed by atoms with van der Waals surface area (Å²) in [4.78, 5) is 13.5. The molecule has 0 aliphatic carbocycles. The van der Waals surface area contributed by atoms with Crippen molar-refractivity contribution in [2.75, 3.05) is 19.7 Å². The number of ether oxygens (including phenoxy) is 1. The first-order chi connectivity index (χ1) is 8.67. The molecule has 3 heteroatoms. The van der Waals surface area contributed by atoms with Crippen LogP contribution in [0.1, 0.15) is 5.56 Å². The van der Waals surface area contributed by atoms with E-state index in [1.54, 1.807) is 17.1 Å². The lowest BCUT2D eigenvalue weighted by molar-refractivity contribution is -0.132. The molecule has 0 N–H and O–H groups in total. The summed E-state index contributed by atoms with van der Waals surface area (Å²) < 4.78 is 5.46. The molecule has 1 rings (SSSR count). The lowest BCUT2D eigenvalue weighted by Gasteiger charge is -2.19. The molecule has 96 valence electrons. The van der Waals surface area contributed by atoms with Crippen molar-refractivity contribution in [3.05, 3.63) is 55.1 Å². The van der Waals surface area contributed by atoms with Gasteiger partial charge in [-0.05, 0) is 24.6 Å². The van der Waals surface area contributed by atoms with E-state index in [9.17, 15) is 4.79 Å². The van der Waals surface area contributed by atoms with Crippen LogP contribution in [0.25, 0.3) is 0 Å². The van der Waals surface area contributed by atoms with Crippen LogP contribution in [0, 0.1) is 6.92 Å². The average Bonchev–Trinajstić information content (AvgIpc) is 2.36. The summed E-state index contributed by atoms with van der Waals surface area (Å²) in [7, 11) is 0. The summed E-state index contributed by atoms with van der Waals surface area (Å²) in [5.41, 5.74) is 1.11. The van der Waals surface area contributed by atoms with Gasteiger partial charge in [-0.3, -0.25) is 4.79 Å². The van der Waals surface area contributed by atoms with Crippen molar-refractivity contribution in [1.29, 1.82) is 0 Å². The monoisotopic (exact) mass is 245 g/mol. The molecular weight excluding hydrogens is 226 g/mol. The molecule has 1 amide bonds. The predicted octanol–water partition coefficient (Wildman–Crippen LogP) is 2.57. The van der Waals surface area contributed by atoms with Crippen molar-refractivity contribution in [2.24, 2.45) is 0 Å². The number of nitrogens with zero attached hydrogens (tertiary/aromatic N) is 1. The number of amides is 1. The van der Waals surface area contributed by atoms with E-state index >= 15 is 0 Å². The van der Waals surface area contributed by atoms with Crippen LogP contribution in [0.15, 0.2) is 49.6 Å². The Morgan fingerprint density at radius 1 is 1.33 bits per heavy atom. The molecule has 0 bridgehead atoms. The van der Waals surface area contributed by atoms with Crippen molar-refractivity contribution in [2.45, 2.75) is 6.92 Å². The molecule has 0 atom stereocenters. The van der Waals surface area contributed by atoms with E-state index in [2.05, 4.69) is 13.2 Å². The fourth-order valence-electron chi connectivity index (χ4n) is 1.53. The van der Waals surface area contributed by atoms with Crippen LogP contribution in [0.3, 0.4) is 0 Å². The molecule has 0 saturated carbocycles. The van der Waals surface area contributed by atoms with Crippen LogP contribution in [0.4, 0.5) is 0 Å². The Morgan fingerprint density at radius 3 is 2.56 bits per heavy atom. The maximum atomic E-state index is 11.9. The minimum atomic E-state index is -0.0729. The fourth-order valence-corrected chi connectivity index (χ4v) is 1.53. The Balaban J connectivity index is 2.53. The highest BCUT2D eigenvalue weighted by Crippen LogP contribution is 2.12. The molecule has 0 spiro atoms. The van der Waals surface area contributed by atoms with Crippen LogP contribution in [-0.2, 0) is 4.79 Å². The van der Waals surface area contributed by atoms with Crippen LogP contribution >= 0.6 is 0 Å². The second-order valence-electron chi connectivity index (χ2n) is 3.98. The van der Waals surface area contributed by atoms with Gasteiger partial charge in [-0.1, -0.05) is 24.3 Å². The quantitative estimate of drug-likeness (QED) is 0.691. The molecule has 0 radical (unpaired) electrons. The Bertz CT molecular complexity index is 416. The summed E-state index contributed by atoms with van der Waals surface area (Å²) >= 11 is 0. The van der Waals surface area contributed by atoms with Crippen LogP contribution in [0.5, 0.6) is 5.75 Å². The zero-order valence-corrected chi connectivity index (χ0v) is 10.8. The minimum absolute atomic E-state index is 0.0329. The summed E-state index contributed by atoms with van der Waals surface area (Å²) in [6.07, 6.45) is 3.38. The number of carbonyl (C=O) groups excluding carboxylic acids is 1. The average molecular weight is 245 g/mol. The third-order valence-electron chi connectivity index (χ3n) is 2.40. The van der Waals surface area contributed by atoms with Gasteiger partial charge in [0.25, 0.3) is 5.91 Å². The maximum absolute atomic E-state index is 11.9. The number of hydrogen-bond acceptors (Lipinski definition) is 2. The molecule has 18 heavy (non-hydrogen) atoms. The normalized spacial score (nSPS) is 9.61. The van der Waals surface area contributed by atoms with E-state index < -0.39 is 0 Å². The molecule has 1 aromatic carbocycles. The molecule has 3 nitrogen and oxygen atoms in total. The largest absolute Gasteiger partial charge is 0.484 e. The number of hydrogen-bond donors (Lipinski definition) is 0. The first-order valence-corrected chi connectivity index (χ1v) is 5.86. The van der Waals surface area contributed by atoms with Gasteiger partial charge < -0.3 is 9.64 Å². The first kappa shape index (κ1) is 14.0. The summed E-state index contributed by atoms with van der Waals surface area (Å²) in [6.45, 7) is 10.3. The SMILES string of the molecule is C=CCN(CC=C)C(=O)COc1cccc(C)c1. The Morgan fingerprint density at radius 2 is 2.00 bits per heavy atom. The fraction of sp³-hybridized carbons (Fsp3) is 0.267. The lowest BCUT2D eigenvalue weighted by Crippen LogP contribution is -2.35. The zero-order chi connectivity index (χ0) is 13.4. The lowest BCUT2D eigenvalue weighted by atomic mass is 10.2. The van der Waals surface area contributed by atoms with Crippen molar-refractivity contribution in [3.63, 3.8) is 0 Å². The summed E-state index contributed by atoms with van der Waals surface area (Å²) in [5, 5.41) is 0. The topological polar surface area (TPSA) is 29.5 Å². The second-order valence-corrected chi connectivity index (χ2v) is 3.98. The van der Waals surface area contributed by atoms with Gasteiger partial charge in [-0.2, -0.15) is 0 Å². The molecule has 1 aromatic rings. The van der Waals surface area contributed by atoms with Gasteiger partial charge in [0.15, 0.2) is 6.61 Å². The predicted molar refractivity (Wildman–Crippen MR) is 73.6 cm³/mol. The molecular formula is C15H19NO2. The molecule has 0 aromatic heterocycles. The third kappa shape index (κ3) is 4.45. The summed E-state index contributed by atoms with van der Waals surface area (Å²) in [5.74, 6) is 0.636. The molecule has 0 fully saturated rings. The van der Waals surface area contributed by atoms with Gasteiger partial charge >= 0.3 is 0 Å². The van der Waals surface area contributed by atoms with Crippen LogP contribution < -0.4 is 4.74 Å². The highest BCUT2D eigenvalue weighted by molar-refractivity contribution is 5.78. The van der Waals surface area contributed by atoms with Crippen LogP contribution in [0.2, 0.25) is 0 Å². The van der Waals surface area contributed by atoms with Crippen molar-refractivity contribution in [1.82, 2.24) is 4.90 Å². The highest BCUT2D eigenvalue weighted by atomic mass is 16.5.